The number of Topliss-reactive ketones (excluding diaryl/α,β-unsaturated/α-hetero) is 1. The third-order valence-corrected chi connectivity index (χ3v) is 4.91. The van der Waals surface area contributed by atoms with Crippen LogP contribution in [0, 0.1) is 6.92 Å². The third-order valence-electron chi connectivity index (χ3n) is 4.91. The zero-order valence-corrected chi connectivity index (χ0v) is 17.1. The van der Waals surface area contributed by atoms with Crippen LogP contribution in [0.15, 0.2) is 66.4 Å². The van der Waals surface area contributed by atoms with E-state index >= 15 is 0 Å². The molecule has 0 radical (unpaired) electrons. The van der Waals surface area contributed by atoms with Crippen LogP contribution < -0.4 is 18.9 Å². The molecule has 1 aliphatic heterocycles. The maximum Gasteiger partial charge on any atom is 0.232 e. The monoisotopic (exact) mass is 402 g/mol. The second kappa shape index (κ2) is 8.33. The molecule has 0 bridgehead atoms. The van der Waals surface area contributed by atoms with Crippen LogP contribution in [0.3, 0.4) is 0 Å². The third kappa shape index (κ3) is 3.74. The van der Waals surface area contributed by atoms with E-state index in [-0.39, 0.29) is 11.5 Å². The first kappa shape index (κ1) is 19.6. The number of fused-ring (bicyclic) bond motifs is 1. The average Bonchev–Trinajstić information content (AvgIpc) is 3.08. The Balaban J connectivity index is 1.61. The number of hydrogen-bond donors (Lipinski definition) is 0. The summed E-state index contributed by atoms with van der Waals surface area (Å²) in [5.41, 5.74) is 3.13. The van der Waals surface area contributed by atoms with E-state index in [0.717, 1.165) is 11.1 Å². The van der Waals surface area contributed by atoms with Gasteiger partial charge >= 0.3 is 0 Å². The summed E-state index contributed by atoms with van der Waals surface area (Å²) in [6.45, 7) is 2.32. The predicted molar refractivity (Wildman–Crippen MR) is 114 cm³/mol. The number of carbonyl (C=O) groups excluding carboxylic acids is 1. The number of hydrogen-bond acceptors (Lipinski definition) is 5. The van der Waals surface area contributed by atoms with E-state index in [1.54, 1.807) is 32.4 Å². The predicted octanol–water partition coefficient (Wildman–Crippen LogP) is 5.21. The Morgan fingerprint density at radius 3 is 2.50 bits per heavy atom. The number of carbonyl (C=O) groups is 1. The summed E-state index contributed by atoms with van der Waals surface area (Å²) < 4.78 is 22.6. The van der Waals surface area contributed by atoms with Crippen LogP contribution in [0.25, 0.3) is 6.08 Å². The van der Waals surface area contributed by atoms with E-state index in [4.69, 9.17) is 18.9 Å². The van der Waals surface area contributed by atoms with Crippen LogP contribution in [-0.2, 0) is 6.61 Å². The zero-order valence-electron chi connectivity index (χ0n) is 17.1. The van der Waals surface area contributed by atoms with E-state index < -0.39 is 0 Å². The first-order valence-electron chi connectivity index (χ1n) is 9.57. The molecule has 3 aromatic carbocycles. The van der Waals surface area contributed by atoms with Gasteiger partial charge in [0, 0.05) is 11.6 Å². The number of rotatable bonds is 6. The van der Waals surface area contributed by atoms with Gasteiger partial charge in [0.1, 0.15) is 18.1 Å². The molecule has 30 heavy (non-hydrogen) atoms. The van der Waals surface area contributed by atoms with Gasteiger partial charge in [-0.15, -0.1) is 0 Å². The molecule has 0 spiro atoms. The van der Waals surface area contributed by atoms with Crippen LogP contribution >= 0.6 is 0 Å². The molecule has 0 amide bonds. The first-order valence-corrected chi connectivity index (χ1v) is 9.57. The van der Waals surface area contributed by atoms with E-state index in [1.807, 2.05) is 55.5 Å². The molecular weight excluding hydrogens is 380 g/mol. The van der Waals surface area contributed by atoms with Gasteiger partial charge in [0.05, 0.1) is 19.8 Å². The molecule has 1 aliphatic rings. The van der Waals surface area contributed by atoms with Crippen LogP contribution in [0.2, 0.25) is 0 Å². The fourth-order valence-electron chi connectivity index (χ4n) is 3.47. The number of ketones is 1. The Bertz CT molecular complexity index is 1120. The Labute approximate surface area is 175 Å². The molecule has 0 aromatic heterocycles. The summed E-state index contributed by atoms with van der Waals surface area (Å²) in [5.74, 6) is 2.35. The maximum atomic E-state index is 13.0. The van der Waals surface area contributed by atoms with Crippen molar-refractivity contribution >= 4 is 11.9 Å². The Morgan fingerprint density at radius 1 is 0.967 bits per heavy atom. The number of ether oxygens (including phenoxy) is 4. The fraction of sp³-hybridized carbons (Fsp3) is 0.160. The van der Waals surface area contributed by atoms with Crippen molar-refractivity contribution in [3.63, 3.8) is 0 Å². The molecule has 0 atom stereocenters. The summed E-state index contributed by atoms with van der Waals surface area (Å²) in [7, 11) is 3.13. The van der Waals surface area contributed by atoms with Gasteiger partial charge < -0.3 is 18.9 Å². The standard InChI is InChI=1S/C25H22O5/c1-16-12-19(29-15-17-8-5-4-6-9-17)14-21-23(16)24(26)22(30-21)13-18-10-7-11-20(27-2)25(18)28-3/h4-14H,15H2,1-3H3/b22-13-. The summed E-state index contributed by atoms with van der Waals surface area (Å²) >= 11 is 0. The number of aryl methyl sites for hydroxylation is 1. The lowest BCUT2D eigenvalue weighted by molar-refractivity contribution is 0.101. The number of benzene rings is 3. The highest BCUT2D eigenvalue weighted by Gasteiger charge is 2.30. The highest BCUT2D eigenvalue weighted by molar-refractivity contribution is 6.15. The lowest BCUT2D eigenvalue weighted by Crippen LogP contribution is -2.01. The van der Waals surface area contributed by atoms with Gasteiger partial charge in [-0.2, -0.15) is 0 Å². The van der Waals surface area contributed by atoms with Gasteiger partial charge in [-0.1, -0.05) is 42.5 Å². The molecule has 3 aromatic rings. The molecule has 0 aliphatic carbocycles. The molecule has 0 N–H and O–H groups in total. The first-order chi connectivity index (χ1) is 14.6. The Kier molecular flexibility index (Phi) is 5.44. The quantitative estimate of drug-likeness (QED) is 0.530. The maximum absolute atomic E-state index is 13.0. The molecule has 0 unspecified atom stereocenters. The minimum Gasteiger partial charge on any atom is -0.493 e. The second-order valence-electron chi connectivity index (χ2n) is 6.91. The second-order valence-corrected chi connectivity index (χ2v) is 6.91. The van der Waals surface area contributed by atoms with Crippen LogP contribution in [0.4, 0.5) is 0 Å². The minimum absolute atomic E-state index is 0.165. The van der Waals surface area contributed by atoms with Crippen LogP contribution in [-0.4, -0.2) is 20.0 Å². The number of para-hydroxylation sites is 1. The van der Waals surface area contributed by atoms with E-state index in [1.165, 1.54) is 0 Å². The van der Waals surface area contributed by atoms with Crippen molar-refractivity contribution in [3.8, 4) is 23.0 Å². The lowest BCUT2D eigenvalue weighted by atomic mass is 10.0. The van der Waals surface area contributed by atoms with Gasteiger partial charge in [0.25, 0.3) is 0 Å². The number of allylic oxidation sites excluding steroid dienone is 1. The van der Waals surface area contributed by atoms with Gasteiger partial charge in [-0.3, -0.25) is 4.79 Å². The highest BCUT2D eigenvalue weighted by Crippen LogP contribution is 2.39. The molecule has 4 rings (SSSR count). The van der Waals surface area contributed by atoms with Crippen molar-refractivity contribution in [1.82, 2.24) is 0 Å². The Hall–Kier alpha value is -3.73. The molecule has 152 valence electrons. The smallest absolute Gasteiger partial charge is 0.232 e. The van der Waals surface area contributed by atoms with Crippen molar-refractivity contribution in [2.24, 2.45) is 0 Å². The summed E-state index contributed by atoms with van der Waals surface area (Å²) in [5, 5.41) is 0. The molecule has 0 saturated carbocycles. The lowest BCUT2D eigenvalue weighted by Gasteiger charge is -2.10. The summed E-state index contributed by atoms with van der Waals surface area (Å²) in [4.78, 5) is 13.0. The highest BCUT2D eigenvalue weighted by atomic mass is 16.5. The normalized spacial score (nSPS) is 13.7. The van der Waals surface area contributed by atoms with Crippen LogP contribution in [0.5, 0.6) is 23.0 Å². The topological polar surface area (TPSA) is 54.0 Å². The zero-order chi connectivity index (χ0) is 21.1. The van der Waals surface area contributed by atoms with Gasteiger partial charge in [-0.05, 0) is 36.3 Å². The number of methoxy groups -OCH3 is 2. The van der Waals surface area contributed by atoms with Crippen molar-refractivity contribution in [2.75, 3.05) is 14.2 Å². The van der Waals surface area contributed by atoms with Crippen LogP contribution in [0.1, 0.15) is 27.0 Å². The minimum atomic E-state index is -0.165. The summed E-state index contributed by atoms with van der Waals surface area (Å²) in [6.07, 6.45) is 1.67. The van der Waals surface area contributed by atoms with Crippen molar-refractivity contribution in [1.29, 1.82) is 0 Å². The largest absolute Gasteiger partial charge is 0.493 e. The van der Waals surface area contributed by atoms with E-state index in [0.29, 0.717) is 40.7 Å². The molecule has 5 heteroatoms. The van der Waals surface area contributed by atoms with E-state index in [9.17, 15) is 4.79 Å². The van der Waals surface area contributed by atoms with Gasteiger partial charge in [-0.25, -0.2) is 0 Å². The van der Waals surface area contributed by atoms with Crippen molar-refractivity contribution in [2.45, 2.75) is 13.5 Å². The molecule has 1 heterocycles. The SMILES string of the molecule is COc1cccc(/C=C2\Oc3cc(OCc4ccccc4)cc(C)c3C2=O)c1OC. The van der Waals surface area contributed by atoms with Gasteiger partial charge in [0.15, 0.2) is 17.3 Å². The van der Waals surface area contributed by atoms with Crippen molar-refractivity contribution < 1.29 is 23.7 Å². The van der Waals surface area contributed by atoms with E-state index in [2.05, 4.69) is 0 Å². The molecular formula is C25H22O5. The molecule has 5 nitrogen and oxygen atoms in total. The Morgan fingerprint density at radius 2 is 1.77 bits per heavy atom. The van der Waals surface area contributed by atoms with Gasteiger partial charge in [0.2, 0.25) is 5.78 Å². The molecule has 0 saturated heterocycles. The fourth-order valence-corrected chi connectivity index (χ4v) is 3.47. The summed E-state index contributed by atoms with van der Waals surface area (Å²) in [6, 6.07) is 19.0. The molecule has 0 fully saturated rings. The average molecular weight is 402 g/mol. The van der Waals surface area contributed by atoms with Crippen molar-refractivity contribution in [3.05, 3.63) is 88.7 Å².